The Kier molecular flexibility index (Phi) is 5.16. The van der Waals surface area contributed by atoms with Gasteiger partial charge < -0.3 is 10.6 Å². The number of halogens is 1. The lowest BCUT2D eigenvalue weighted by Crippen LogP contribution is -2.34. The summed E-state index contributed by atoms with van der Waals surface area (Å²) in [6.07, 6.45) is 0.0466. The van der Waals surface area contributed by atoms with Crippen molar-refractivity contribution in [3.8, 4) is 0 Å². The minimum atomic E-state index is -0.482. The van der Waals surface area contributed by atoms with Crippen molar-refractivity contribution in [3.05, 3.63) is 71.2 Å². The van der Waals surface area contributed by atoms with Crippen molar-refractivity contribution in [2.45, 2.75) is 20.3 Å². The number of benzene rings is 2. The lowest BCUT2D eigenvalue weighted by molar-refractivity contribution is -0.117. The summed E-state index contributed by atoms with van der Waals surface area (Å²) < 4.78 is 13.4. The Labute approximate surface area is 156 Å². The van der Waals surface area contributed by atoms with E-state index >= 15 is 0 Å². The van der Waals surface area contributed by atoms with Gasteiger partial charge >= 0.3 is 0 Å². The first-order valence-corrected chi connectivity index (χ1v) is 8.59. The zero-order chi connectivity index (χ0) is 19.6. The first-order chi connectivity index (χ1) is 12.8. The molecule has 0 aliphatic heterocycles. The van der Waals surface area contributed by atoms with Crippen LogP contribution in [0.1, 0.15) is 28.0 Å². The Morgan fingerprint density at radius 1 is 1.11 bits per heavy atom. The van der Waals surface area contributed by atoms with Crippen LogP contribution in [-0.4, -0.2) is 23.3 Å². The molecule has 0 saturated heterocycles. The number of hydrogen-bond donors (Lipinski definition) is 1. The lowest BCUT2D eigenvalue weighted by Gasteiger charge is -2.23. The Balaban J connectivity index is 2.05. The normalized spacial score (nSPS) is 10.8. The highest BCUT2D eigenvalue weighted by Crippen LogP contribution is 2.23. The summed E-state index contributed by atoms with van der Waals surface area (Å²) in [5.74, 6) is -1.14. The second kappa shape index (κ2) is 7.53. The average Bonchev–Trinajstić information content (AvgIpc) is 2.61. The van der Waals surface area contributed by atoms with Crippen molar-refractivity contribution in [3.63, 3.8) is 0 Å². The van der Waals surface area contributed by atoms with Crippen LogP contribution < -0.4 is 10.6 Å². The molecule has 5 nitrogen and oxygen atoms in total. The first kappa shape index (κ1) is 18.5. The van der Waals surface area contributed by atoms with E-state index in [1.54, 1.807) is 19.1 Å². The molecule has 0 radical (unpaired) electrons. The van der Waals surface area contributed by atoms with Crippen molar-refractivity contribution in [1.29, 1.82) is 0 Å². The molecule has 1 heterocycles. The molecule has 0 spiro atoms. The molecule has 0 aliphatic carbocycles. The van der Waals surface area contributed by atoms with Crippen LogP contribution in [0.4, 0.5) is 10.1 Å². The number of rotatable bonds is 5. The minimum absolute atomic E-state index is 0.0466. The molecule has 0 atom stereocenters. The van der Waals surface area contributed by atoms with E-state index in [1.165, 1.54) is 17.0 Å². The molecular formula is C21H20FN3O2. The summed E-state index contributed by atoms with van der Waals surface area (Å²) in [5, 5.41) is 0.671. The third kappa shape index (κ3) is 4.11. The fraction of sp³-hybridized carbons (Fsp3) is 0.190. The van der Waals surface area contributed by atoms with Crippen LogP contribution in [-0.2, 0) is 4.79 Å². The van der Waals surface area contributed by atoms with E-state index in [0.717, 1.165) is 5.56 Å². The number of amides is 2. The van der Waals surface area contributed by atoms with E-state index in [2.05, 4.69) is 4.98 Å². The van der Waals surface area contributed by atoms with E-state index in [4.69, 9.17) is 5.73 Å². The molecule has 138 valence electrons. The van der Waals surface area contributed by atoms with Gasteiger partial charge in [-0.15, -0.1) is 0 Å². The van der Waals surface area contributed by atoms with Crippen LogP contribution >= 0.6 is 0 Å². The highest BCUT2D eigenvalue weighted by molar-refractivity contribution is 6.08. The number of fused-ring (bicyclic) bond motifs is 1. The third-order valence-electron chi connectivity index (χ3n) is 4.34. The molecule has 0 fully saturated rings. The zero-order valence-electron chi connectivity index (χ0n) is 15.2. The maximum absolute atomic E-state index is 13.4. The molecule has 0 unspecified atom stereocenters. The summed E-state index contributed by atoms with van der Waals surface area (Å²) in [6.45, 7) is 3.80. The molecule has 27 heavy (non-hydrogen) atoms. The topological polar surface area (TPSA) is 76.3 Å². The van der Waals surface area contributed by atoms with E-state index in [0.29, 0.717) is 27.8 Å². The number of nitrogens with two attached hydrogens (primary N) is 1. The Hall–Kier alpha value is -3.28. The molecule has 2 amide bonds. The monoisotopic (exact) mass is 365 g/mol. The van der Waals surface area contributed by atoms with Gasteiger partial charge in [0, 0.05) is 30.1 Å². The molecule has 3 rings (SSSR count). The molecule has 2 N–H and O–H groups in total. The average molecular weight is 365 g/mol. The van der Waals surface area contributed by atoms with Crippen molar-refractivity contribution >= 4 is 28.4 Å². The molecule has 6 heteroatoms. The largest absolute Gasteiger partial charge is 0.370 e. The standard InChI is InChI=1S/C21H20FN3O2/c1-13-4-3-5-17(10-13)25(9-8-20(23)26)21(27)18-11-15-6-7-16(22)12-19(15)24-14(18)2/h3-7,10-12H,8-9H2,1-2H3,(H2,23,26). The van der Waals surface area contributed by atoms with Gasteiger partial charge in [0.2, 0.25) is 5.91 Å². The van der Waals surface area contributed by atoms with Crippen molar-refractivity contribution < 1.29 is 14.0 Å². The van der Waals surface area contributed by atoms with E-state index < -0.39 is 5.91 Å². The minimum Gasteiger partial charge on any atom is -0.370 e. The molecule has 3 aromatic rings. The van der Waals surface area contributed by atoms with Gasteiger partial charge in [-0.25, -0.2) is 4.39 Å². The molecule has 0 aliphatic rings. The number of primary amides is 1. The van der Waals surface area contributed by atoms with Gasteiger partial charge in [-0.3, -0.25) is 14.6 Å². The van der Waals surface area contributed by atoms with E-state index in [9.17, 15) is 14.0 Å². The summed E-state index contributed by atoms with van der Waals surface area (Å²) in [4.78, 5) is 30.4. The summed E-state index contributed by atoms with van der Waals surface area (Å²) >= 11 is 0. The summed E-state index contributed by atoms with van der Waals surface area (Å²) in [6, 6.07) is 13.4. The van der Waals surface area contributed by atoms with Crippen LogP contribution in [0, 0.1) is 19.7 Å². The van der Waals surface area contributed by atoms with Gasteiger partial charge in [-0.2, -0.15) is 0 Å². The van der Waals surface area contributed by atoms with E-state index in [1.807, 2.05) is 31.2 Å². The molecule has 0 saturated carbocycles. The van der Waals surface area contributed by atoms with Crippen LogP contribution in [0.3, 0.4) is 0 Å². The number of carbonyl (C=O) groups is 2. The smallest absolute Gasteiger partial charge is 0.260 e. The fourth-order valence-corrected chi connectivity index (χ4v) is 2.96. The summed E-state index contributed by atoms with van der Waals surface area (Å²) in [7, 11) is 0. The molecule has 2 aromatic carbocycles. The SMILES string of the molecule is Cc1cccc(N(CCC(N)=O)C(=O)c2cc3ccc(F)cc3nc2C)c1. The Morgan fingerprint density at radius 3 is 2.59 bits per heavy atom. The number of hydrogen-bond acceptors (Lipinski definition) is 3. The number of nitrogens with zero attached hydrogens (tertiary/aromatic N) is 2. The molecule has 1 aromatic heterocycles. The molecule has 0 bridgehead atoms. The Morgan fingerprint density at radius 2 is 1.89 bits per heavy atom. The van der Waals surface area contributed by atoms with Gasteiger partial charge in [-0.1, -0.05) is 12.1 Å². The molecular weight excluding hydrogens is 345 g/mol. The quantitative estimate of drug-likeness (QED) is 0.752. The van der Waals surface area contributed by atoms with Crippen molar-refractivity contribution in [1.82, 2.24) is 4.98 Å². The maximum Gasteiger partial charge on any atom is 0.260 e. The predicted octanol–water partition coefficient (Wildman–Crippen LogP) is 3.51. The van der Waals surface area contributed by atoms with Crippen molar-refractivity contribution in [2.24, 2.45) is 5.73 Å². The van der Waals surface area contributed by atoms with Crippen LogP contribution in [0.25, 0.3) is 10.9 Å². The number of pyridine rings is 1. The van der Waals surface area contributed by atoms with Gasteiger partial charge in [0.25, 0.3) is 5.91 Å². The van der Waals surface area contributed by atoms with Gasteiger partial charge in [-0.05, 0) is 49.7 Å². The third-order valence-corrected chi connectivity index (χ3v) is 4.34. The van der Waals surface area contributed by atoms with Crippen LogP contribution in [0.2, 0.25) is 0 Å². The van der Waals surface area contributed by atoms with Gasteiger partial charge in [0.1, 0.15) is 5.82 Å². The number of carbonyl (C=O) groups excluding carboxylic acids is 2. The number of aryl methyl sites for hydroxylation is 2. The summed E-state index contributed by atoms with van der Waals surface area (Å²) in [5.41, 5.74) is 8.34. The second-order valence-electron chi connectivity index (χ2n) is 6.47. The maximum atomic E-state index is 13.4. The highest BCUT2D eigenvalue weighted by Gasteiger charge is 2.21. The second-order valence-corrected chi connectivity index (χ2v) is 6.47. The van der Waals surface area contributed by atoms with E-state index in [-0.39, 0.29) is 24.7 Å². The van der Waals surface area contributed by atoms with Gasteiger partial charge in [0.05, 0.1) is 16.8 Å². The Bertz CT molecular complexity index is 1030. The number of anilines is 1. The number of aromatic nitrogens is 1. The van der Waals surface area contributed by atoms with Crippen molar-refractivity contribution in [2.75, 3.05) is 11.4 Å². The zero-order valence-corrected chi connectivity index (χ0v) is 15.2. The van der Waals surface area contributed by atoms with Crippen LogP contribution in [0.5, 0.6) is 0 Å². The lowest BCUT2D eigenvalue weighted by atomic mass is 10.1. The first-order valence-electron chi connectivity index (χ1n) is 8.59. The predicted molar refractivity (Wildman–Crippen MR) is 103 cm³/mol. The fourth-order valence-electron chi connectivity index (χ4n) is 2.96. The highest BCUT2D eigenvalue weighted by atomic mass is 19.1. The van der Waals surface area contributed by atoms with Crippen LogP contribution in [0.15, 0.2) is 48.5 Å². The van der Waals surface area contributed by atoms with Gasteiger partial charge in [0.15, 0.2) is 0 Å².